The molecule has 3 rings (SSSR count). The van der Waals surface area contributed by atoms with Gasteiger partial charge in [-0.2, -0.15) is 0 Å². The van der Waals surface area contributed by atoms with Crippen molar-refractivity contribution >= 4 is 17.3 Å². The molecule has 24 heavy (non-hydrogen) atoms. The predicted octanol–water partition coefficient (Wildman–Crippen LogP) is 4.08. The van der Waals surface area contributed by atoms with E-state index < -0.39 is 0 Å². The van der Waals surface area contributed by atoms with Crippen LogP contribution in [0.2, 0.25) is 0 Å². The first-order chi connectivity index (χ1) is 11.7. The molecule has 1 heterocycles. The standard InChI is InChI=1S/C19H21FN2O2/c1-24-18-8-4-3-7-15(18)19(23)21-16-13-14(20)9-10-17(16)22-11-5-2-6-12-22/h3-4,7-10,13H,2,5-6,11-12H2,1H3,(H,21,23). The number of piperidine rings is 1. The van der Waals surface area contributed by atoms with Gasteiger partial charge in [0.05, 0.1) is 24.0 Å². The SMILES string of the molecule is COc1ccccc1C(=O)Nc1cc(F)ccc1N1CCCCC1. The Balaban J connectivity index is 1.88. The van der Waals surface area contributed by atoms with Crippen LogP contribution < -0.4 is 15.0 Å². The molecule has 4 nitrogen and oxygen atoms in total. The van der Waals surface area contributed by atoms with E-state index in [0.717, 1.165) is 31.6 Å². The fraction of sp³-hybridized carbons (Fsp3) is 0.316. The molecule has 2 aromatic carbocycles. The van der Waals surface area contributed by atoms with Gasteiger partial charge in [-0.3, -0.25) is 4.79 Å². The Morgan fingerprint density at radius 1 is 1.12 bits per heavy atom. The van der Waals surface area contributed by atoms with Gasteiger partial charge >= 0.3 is 0 Å². The Kier molecular flexibility index (Phi) is 4.99. The van der Waals surface area contributed by atoms with Crippen LogP contribution in [0.1, 0.15) is 29.6 Å². The molecule has 0 spiro atoms. The lowest BCUT2D eigenvalue weighted by atomic mass is 10.1. The third kappa shape index (κ3) is 3.50. The number of nitrogens with one attached hydrogen (secondary N) is 1. The molecule has 0 aliphatic carbocycles. The van der Waals surface area contributed by atoms with E-state index in [9.17, 15) is 9.18 Å². The third-order valence-electron chi connectivity index (χ3n) is 4.26. The largest absolute Gasteiger partial charge is 0.496 e. The molecule has 0 saturated carbocycles. The molecule has 1 aliphatic heterocycles. The highest BCUT2D eigenvalue weighted by Gasteiger charge is 2.18. The highest BCUT2D eigenvalue weighted by molar-refractivity contribution is 6.07. The van der Waals surface area contributed by atoms with Crippen molar-refractivity contribution in [3.63, 3.8) is 0 Å². The van der Waals surface area contributed by atoms with Crippen LogP contribution in [0.15, 0.2) is 42.5 Å². The van der Waals surface area contributed by atoms with Gasteiger partial charge in [-0.15, -0.1) is 0 Å². The summed E-state index contributed by atoms with van der Waals surface area (Å²) < 4.78 is 18.9. The van der Waals surface area contributed by atoms with Gasteiger partial charge in [-0.05, 0) is 49.6 Å². The summed E-state index contributed by atoms with van der Waals surface area (Å²) in [5, 5.41) is 2.84. The molecule has 0 bridgehead atoms. The van der Waals surface area contributed by atoms with E-state index in [2.05, 4.69) is 10.2 Å². The van der Waals surface area contributed by atoms with E-state index in [1.807, 2.05) is 0 Å². The number of hydrogen-bond donors (Lipinski definition) is 1. The van der Waals surface area contributed by atoms with E-state index in [0.29, 0.717) is 17.0 Å². The lowest BCUT2D eigenvalue weighted by molar-refractivity contribution is 0.102. The number of nitrogens with zero attached hydrogens (tertiary/aromatic N) is 1. The second-order valence-electron chi connectivity index (χ2n) is 5.86. The molecule has 5 heteroatoms. The monoisotopic (exact) mass is 328 g/mol. The lowest BCUT2D eigenvalue weighted by Gasteiger charge is -2.30. The van der Waals surface area contributed by atoms with E-state index in [1.54, 1.807) is 30.3 Å². The van der Waals surface area contributed by atoms with Gasteiger partial charge in [0.25, 0.3) is 5.91 Å². The number of amides is 1. The number of rotatable bonds is 4. The number of carbonyl (C=O) groups is 1. The van der Waals surface area contributed by atoms with Crippen LogP contribution in [-0.2, 0) is 0 Å². The molecular formula is C19H21FN2O2. The van der Waals surface area contributed by atoms with Gasteiger partial charge in [0.1, 0.15) is 11.6 Å². The van der Waals surface area contributed by atoms with Crippen molar-refractivity contribution in [3.05, 3.63) is 53.8 Å². The topological polar surface area (TPSA) is 41.6 Å². The molecule has 0 radical (unpaired) electrons. The Labute approximate surface area is 141 Å². The van der Waals surface area contributed by atoms with Gasteiger partial charge in [0.2, 0.25) is 0 Å². The van der Waals surface area contributed by atoms with Crippen LogP contribution in [-0.4, -0.2) is 26.1 Å². The van der Waals surface area contributed by atoms with E-state index >= 15 is 0 Å². The van der Waals surface area contributed by atoms with Crippen LogP contribution in [0.25, 0.3) is 0 Å². The maximum Gasteiger partial charge on any atom is 0.259 e. The highest BCUT2D eigenvalue weighted by Crippen LogP contribution is 2.30. The summed E-state index contributed by atoms with van der Waals surface area (Å²) in [6.45, 7) is 1.84. The molecule has 1 saturated heterocycles. The number of carbonyl (C=O) groups excluding carboxylic acids is 1. The third-order valence-corrected chi connectivity index (χ3v) is 4.26. The first kappa shape index (κ1) is 16.3. The fourth-order valence-corrected chi connectivity index (χ4v) is 3.04. The molecule has 1 fully saturated rings. The van der Waals surface area contributed by atoms with Crippen molar-refractivity contribution in [1.82, 2.24) is 0 Å². The molecule has 0 aromatic heterocycles. The molecule has 1 N–H and O–H groups in total. The summed E-state index contributed by atoms with van der Waals surface area (Å²) in [6, 6.07) is 11.5. The zero-order valence-corrected chi connectivity index (χ0v) is 13.7. The van der Waals surface area contributed by atoms with Gasteiger partial charge in [0.15, 0.2) is 0 Å². The van der Waals surface area contributed by atoms with Crippen molar-refractivity contribution in [2.45, 2.75) is 19.3 Å². The van der Waals surface area contributed by atoms with Crippen molar-refractivity contribution in [1.29, 1.82) is 0 Å². The van der Waals surface area contributed by atoms with Gasteiger partial charge in [0, 0.05) is 13.1 Å². The molecule has 1 aliphatic rings. The van der Waals surface area contributed by atoms with Crippen LogP contribution in [0.3, 0.4) is 0 Å². The minimum absolute atomic E-state index is 0.309. The number of anilines is 2. The second kappa shape index (κ2) is 7.34. The quantitative estimate of drug-likeness (QED) is 0.919. The normalized spacial score (nSPS) is 14.3. The van der Waals surface area contributed by atoms with Crippen molar-refractivity contribution in [2.24, 2.45) is 0 Å². The van der Waals surface area contributed by atoms with Gasteiger partial charge in [-0.1, -0.05) is 12.1 Å². The number of halogens is 1. The van der Waals surface area contributed by atoms with Crippen molar-refractivity contribution in [2.75, 3.05) is 30.4 Å². The average Bonchev–Trinajstić information content (AvgIpc) is 2.62. The van der Waals surface area contributed by atoms with Crippen LogP contribution in [0, 0.1) is 5.82 Å². The minimum atomic E-state index is -0.369. The summed E-state index contributed by atoms with van der Waals surface area (Å²) in [7, 11) is 1.52. The number of ether oxygens (including phenoxy) is 1. The summed E-state index contributed by atoms with van der Waals surface area (Å²) in [5.74, 6) is -0.187. The zero-order valence-electron chi connectivity index (χ0n) is 13.7. The summed E-state index contributed by atoms with van der Waals surface area (Å²) in [5.41, 5.74) is 1.78. The van der Waals surface area contributed by atoms with Crippen LogP contribution in [0.5, 0.6) is 5.75 Å². The summed E-state index contributed by atoms with van der Waals surface area (Å²) in [6.07, 6.45) is 3.43. The second-order valence-corrected chi connectivity index (χ2v) is 5.86. The molecule has 1 amide bonds. The molecule has 0 unspecified atom stereocenters. The predicted molar refractivity (Wildman–Crippen MR) is 93.4 cm³/mol. The maximum absolute atomic E-state index is 13.7. The minimum Gasteiger partial charge on any atom is -0.496 e. The molecular weight excluding hydrogens is 307 g/mol. The number of benzene rings is 2. The van der Waals surface area contributed by atoms with E-state index in [1.165, 1.54) is 25.7 Å². The van der Waals surface area contributed by atoms with Crippen molar-refractivity contribution in [3.8, 4) is 5.75 Å². The molecule has 2 aromatic rings. The van der Waals surface area contributed by atoms with Crippen molar-refractivity contribution < 1.29 is 13.9 Å². The first-order valence-corrected chi connectivity index (χ1v) is 8.18. The Morgan fingerprint density at radius 3 is 2.62 bits per heavy atom. The average molecular weight is 328 g/mol. The highest BCUT2D eigenvalue weighted by atomic mass is 19.1. The fourth-order valence-electron chi connectivity index (χ4n) is 3.04. The van der Waals surface area contributed by atoms with E-state index in [4.69, 9.17) is 4.74 Å². The Bertz CT molecular complexity index is 727. The smallest absolute Gasteiger partial charge is 0.259 e. The Morgan fingerprint density at radius 2 is 1.88 bits per heavy atom. The van der Waals surface area contributed by atoms with E-state index in [-0.39, 0.29) is 11.7 Å². The number of para-hydroxylation sites is 1. The summed E-state index contributed by atoms with van der Waals surface area (Å²) in [4.78, 5) is 14.8. The summed E-state index contributed by atoms with van der Waals surface area (Å²) >= 11 is 0. The zero-order chi connectivity index (χ0) is 16.9. The van der Waals surface area contributed by atoms with Crippen LogP contribution >= 0.6 is 0 Å². The molecule has 0 atom stereocenters. The van der Waals surface area contributed by atoms with Crippen LogP contribution in [0.4, 0.5) is 15.8 Å². The Hall–Kier alpha value is -2.56. The number of hydrogen-bond acceptors (Lipinski definition) is 3. The lowest BCUT2D eigenvalue weighted by Crippen LogP contribution is -2.30. The maximum atomic E-state index is 13.7. The first-order valence-electron chi connectivity index (χ1n) is 8.18. The van der Waals surface area contributed by atoms with Gasteiger partial charge in [-0.25, -0.2) is 4.39 Å². The molecule has 126 valence electrons. The number of methoxy groups -OCH3 is 1. The van der Waals surface area contributed by atoms with Gasteiger partial charge < -0.3 is 15.0 Å².